The van der Waals surface area contributed by atoms with Crippen LogP contribution in [0.2, 0.25) is 5.02 Å². The summed E-state index contributed by atoms with van der Waals surface area (Å²) in [4.78, 5) is 26.8. The zero-order valence-electron chi connectivity index (χ0n) is 17.0. The van der Waals surface area contributed by atoms with Crippen molar-refractivity contribution in [2.24, 2.45) is 0 Å². The average molecular weight is 454 g/mol. The number of ether oxygens (including phenoxy) is 1. The van der Waals surface area contributed by atoms with Crippen molar-refractivity contribution in [3.05, 3.63) is 29.3 Å². The monoisotopic (exact) mass is 453 g/mol. The molecule has 10 heteroatoms. The minimum Gasteiger partial charge on any atom is -0.444 e. The number of carbonyl (C=O) groups is 2. The SMILES string of the molecule is CC(C)(C)OC(=O)N1C[C@H](S(=O)(=O)c2ccc(Cl)cc2)C[C@H]1C(=O)NC1(C#N)CC1. The standard InChI is InChI=1S/C20H24ClN3O5S/c1-19(2,3)29-18(26)24-11-15(30(27,28)14-6-4-13(21)5-7-14)10-16(24)17(25)23-20(12-22)8-9-20/h4-7,15-16H,8-11H2,1-3H3,(H,23,25)/t15-,16+/m1/s1. The van der Waals surface area contributed by atoms with E-state index < -0.39 is 44.3 Å². The molecule has 1 saturated heterocycles. The summed E-state index contributed by atoms with van der Waals surface area (Å²) in [6, 6.07) is 6.77. The van der Waals surface area contributed by atoms with E-state index in [9.17, 15) is 23.3 Å². The van der Waals surface area contributed by atoms with Crippen LogP contribution in [-0.2, 0) is 19.4 Å². The first-order chi connectivity index (χ1) is 13.9. The number of nitriles is 1. The van der Waals surface area contributed by atoms with Crippen LogP contribution in [0.25, 0.3) is 0 Å². The number of hydrogen-bond donors (Lipinski definition) is 1. The van der Waals surface area contributed by atoms with E-state index in [1.807, 2.05) is 0 Å². The van der Waals surface area contributed by atoms with Gasteiger partial charge in [0.15, 0.2) is 9.84 Å². The van der Waals surface area contributed by atoms with Crippen LogP contribution in [0.15, 0.2) is 29.2 Å². The van der Waals surface area contributed by atoms with E-state index in [1.54, 1.807) is 20.8 Å². The third-order valence-electron chi connectivity index (χ3n) is 5.10. The topological polar surface area (TPSA) is 117 Å². The third kappa shape index (κ3) is 4.71. The Hall–Kier alpha value is -2.31. The normalized spacial score (nSPS) is 22.8. The molecular formula is C20H24ClN3O5S. The molecule has 3 rings (SSSR count). The number of hydrogen-bond acceptors (Lipinski definition) is 6. The molecule has 30 heavy (non-hydrogen) atoms. The number of amides is 2. The largest absolute Gasteiger partial charge is 0.444 e. The van der Waals surface area contributed by atoms with Crippen molar-refractivity contribution in [3.63, 3.8) is 0 Å². The lowest BCUT2D eigenvalue weighted by Gasteiger charge is -2.28. The zero-order chi connectivity index (χ0) is 22.3. The number of benzene rings is 1. The van der Waals surface area contributed by atoms with Crippen molar-refractivity contribution in [3.8, 4) is 6.07 Å². The van der Waals surface area contributed by atoms with E-state index in [4.69, 9.17) is 16.3 Å². The molecule has 2 atom stereocenters. The summed E-state index contributed by atoms with van der Waals surface area (Å²) in [6.45, 7) is 4.88. The van der Waals surface area contributed by atoms with Crippen molar-refractivity contribution >= 4 is 33.4 Å². The smallest absolute Gasteiger partial charge is 0.411 e. The Morgan fingerprint density at radius 1 is 1.27 bits per heavy atom. The summed E-state index contributed by atoms with van der Waals surface area (Å²) in [5.41, 5.74) is -1.74. The molecular weight excluding hydrogens is 430 g/mol. The Balaban J connectivity index is 1.87. The van der Waals surface area contributed by atoms with Gasteiger partial charge in [-0.15, -0.1) is 0 Å². The molecule has 0 bridgehead atoms. The highest BCUT2D eigenvalue weighted by Crippen LogP contribution is 2.36. The molecule has 8 nitrogen and oxygen atoms in total. The van der Waals surface area contributed by atoms with Gasteiger partial charge in [-0.3, -0.25) is 9.69 Å². The lowest BCUT2D eigenvalue weighted by atomic mass is 10.2. The number of nitrogens with zero attached hydrogens (tertiary/aromatic N) is 2. The van der Waals surface area contributed by atoms with Gasteiger partial charge in [0.25, 0.3) is 0 Å². The van der Waals surface area contributed by atoms with Crippen molar-refractivity contribution in [1.29, 1.82) is 5.26 Å². The first-order valence-corrected chi connectivity index (χ1v) is 11.5. The highest BCUT2D eigenvalue weighted by Gasteiger charge is 2.51. The van der Waals surface area contributed by atoms with Crippen LogP contribution in [0.3, 0.4) is 0 Å². The maximum absolute atomic E-state index is 13.1. The Labute approximate surface area is 181 Å². The molecule has 1 saturated carbocycles. The van der Waals surface area contributed by atoms with Gasteiger partial charge in [0.05, 0.1) is 16.2 Å². The molecule has 1 aromatic carbocycles. The van der Waals surface area contributed by atoms with Crippen LogP contribution >= 0.6 is 11.6 Å². The molecule has 1 heterocycles. The predicted octanol–water partition coefficient (Wildman–Crippen LogP) is 2.66. The summed E-state index contributed by atoms with van der Waals surface area (Å²) in [7, 11) is -3.82. The van der Waals surface area contributed by atoms with Gasteiger partial charge in [-0.25, -0.2) is 13.2 Å². The molecule has 0 aromatic heterocycles. The number of rotatable bonds is 4. The molecule has 0 spiro atoms. The lowest BCUT2D eigenvalue weighted by molar-refractivity contribution is -0.126. The van der Waals surface area contributed by atoms with Crippen LogP contribution in [0.5, 0.6) is 0 Å². The van der Waals surface area contributed by atoms with Gasteiger partial charge in [0, 0.05) is 11.6 Å². The summed E-state index contributed by atoms with van der Waals surface area (Å²) in [6.07, 6.45) is 0.206. The first-order valence-electron chi connectivity index (χ1n) is 9.59. The van der Waals surface area contributed by atoms with Gasteiger partial charge < -0.3 is 10.1 Å². The maximum Gasteiger partial charge on any atom is 0.411 e. The van der Waals surface area contributed by atoms with Crippen molar-refractivity contribution in [2.75, 3.05) is 6.54 Å². The molecule has 2 amide bonds. The molecule has 0 unspecified atom stereocenters. The molecule has 1 aliphatic carbocycles. The van der Waals surface area contributed by atoms with E-state index in [0.717, 1.165) is 4.90 Å². The number of nitrogens with one attached hydrogen (secondary N) is 1. The van der Waals surface area contributed by atoms with Crippen molar-refractivity contribution in [1.82, 2.24) is 10.2 Å². The quantitative estimate of drug-likeness (QED) is 0.749. The Bertz CT molecular complexity index is 991. The number of sulfone groups is 1. The van der Waals surface area contributed by atoms with Crippen LogP contribution < -0.4 is 5.32 Å². The molecule has 1 N–H and O–H groups in total. The minimum absolute atomic E-state index is 0.0674. The lowest BCUT2D eigenvalue weighted by Crippen LogP contribution is -2.50. The predicted molar refractivity (Wildman–Crippen MR) is 109 cm³/mol. The second-order valence-electron chi connectivity index (χ2n) is 8.69. The Kier molecular flexibility index (Phi) is 5.78. The fourth-order valence-electron chi connectivity index (χ4n) is 3.32. The van der Waals surface area contributed by atoms with Crippen LogP contribution in [-0.4, -0.2) is 54.3 Å². The molecule has 162 valence electrons. The second kappa shape index (κ2) is 7.75. The number of halogens is 1. The average Bonchev–Trinajstić information content (AvgIpc) is 3.25. The molecule has 1 aromatic rings. The maximum atomic E-state index is 13.1. The van der Waals surface area contributed by atoms with Gasteiger partial charge in [0.2, 0.25) is 5.91 Å². The summed E-state index contributed by atoms with van der Waals surface area (Å²) >= 11 is 5.85. The van der Waals surface area contributed by atoms with E-state index in [0.29, 0.717) is 17.9 Å². The molecule has 2 fully saturated rings. The van der Waals surface area contributed by atoms with Crippen LogP contribution in [0, 0.1) is 11.3 Å². The Morgan fingerprint density at radius 2 is 1.87 bits per heavy atom. The number of carbonyl (C=O) groups excluding carboxylic acids is 2. The zero-order valence-corrected chi connectivity index (χ0v) is 18.6. The molecule has 0 radical (unpaired) electrons. The Morgan fingerprint density at radius 3 is 2.37 bits per heavy atom. The third-order valence-corrected chi connectivity index (χ3v) is 7.50. The molecule has 2 aliphatic rings. The first kappa shape index (κ1) is 22.4. The molecule has 1 aliphatic heterocycles. The van der Waals surface area contributed by atoms with Gasteiger partial charge in [-0.05, 0) is 64.3 Å². The van der Waals surface area contributed by atoms with E-state index in [1.165, 1.54) is 24.3 Å². The van der Waals surface area contributed by atoms with Gasteiger partial charge >= 0.3 is 6.09 Å². The highest BCUT2D eigenvalue weighted by molar-refractivity contribution is 7.92. The van der Waals surface area contributed by atoms with Crippen molar-refractivity contribution in [2.45, 2.75) is 67.4 Å². The second-order valence-corrected chi connectivity index (χ2v) is 11.4. The summed E-state index contributed by atoms with van der Waals surface area (Å²) in [5.74, 6) is -0.547. The fraction of sp³-hybridized carbons (Fsp3) is 0.550. The number of likely N-dealkylation sites (tertiary alicyclic amines) is 1. The van der Waals surface area contributed by atoms with Crippen molar-refractivity contribution < 1.29 is 22.7 Å². The minimum atomic E-state index is -3.82. The van der Waals surface area contributed by atoms with Crippen LogP contribution in [0.4, 0.5) is 4.79 Å². The van der Waals surface area contributed by atoms with E-state index in [2.05, 4.69) is 11.4 Å². The van der Waals surface area contributed by atoms with Crippen LogP contribution in [0.1, 0.15) is 40.0 Å². The van der Waals surface area contributed by atoms with Gasteiger partial charge in [0.1, 0.15) is 17.2 Å². The summed E-state index contributed by atoms with van der Waals surface area (Å²) in [5, 5.41) is 11.3. The summed E-state index contributed by atoms with van der Waals surface area (Å²) < 4.78 is 31.6. The van der Waals surface area contributed by atoms with E-state index in [-0.39, 0.29) is 17.9 Å². The fourth-order valence-corrected chi connectivity index (χ4v) is 5.14. The van der Waals surface area contributed by atoms with Gasteiger partial charge in [-0.1, -0.05) is 11.6 Å². The highest BCUT2D eigenvalue weighted by atomic mass is 35.5. The van der Waals surface area contributed by atoms with E-state index >= 15 is 0 Å². The van der Waals surface area contributed by atoms with Gasteiger partial charge in [-0.2, -0.15) is 5.26 Å².